The second-order valence-electron chi connectivity index (χ2n) is 4.09. The van der Waals surface area contributed by atoms with E-state index in [-0.39, 0.29) is 5.91 Å². The molecule has 3 nitrogen and oxygen atoms in total. The van der Waals surface area contributed by atoms with Crippen LogP contribution in [0.5, 0.6) is 0 Å². The maximum Gasteiger partial charge on any atom is 0.271 e. The van der Waals surface area contributed by atoms with E-state index in [1.807, 2.05) is 37.3 Å². The molecule has 0 saturated carbocycles. The smallest absolute Gasteiger partial charge is 0.267 e. The van der Waals surface area contributed by atoms with Crippen LogP contribution >= 0.6 is 11.6 Å². The maximum atomic E-state index is 11.8. The normalized spacial score (nSPS) is 10.6. The Kier molecular flexibility index (Phi) is 4.31. The van der Waals surface area contributed by atoms with Crippen LogP contribution in [-0.4, -0.2) is 12.1 Å². The number of halogens is 1. The van der Waals surface area contributed by atoms with E-state index in [0.29, 0.717) is 10.6 Å². The number of carbonyl (C=O) groups is 1. The van der Waals surface area contributed by atoms with E-state index in [4.69, 9.17) is 11.6 Å². The summed E-state index contributed by atoms with van der Waals surface area (Å²) in [4.78, 5) is 11.8. The third-order valence-corrected chi connectivity index (χ3v) is 2.90. The standard InChI is InChI=1S/C15H13ClN2O/c1-11-5-4-7-12(9-11)15(19)18-17-10-13-6-2-3-8-14(13)16/h2-10H,1H3,(H,18,19). The first-order valence-electron chi connectivity index (χ1n) is 5.81. The summed E-state index contributed by atoms with van der Waals surface area (Å²) in [5.41, 5.74) is 4.84. The molecule has 2 rings (SSSR count). The molecule has 0 spiro atoms. The van der Waals surface area contributed by atoms with E-state index in [2.05, 4.69) is 10.5 Å². The highest BCUT2D eigenvalue weighted by molar-refractivity contribution is 6.33. The number of hydrazone groups is 1. The van der Waals surface area contributed by atoms with E-state index < -0.39 is 0 Å². The molecule has 0 unspecified atom stereocenters. The summed E-state index contributed by atoms with van der Waals surface area (Å²) in [7, 11) is 0. The molecule has 4 heteroatoms. The lowest BCUT2D eigenvalue weighted by Gasteiger charge is -2.01. The molecule has 0 heterocycles. The Bertz CT molecular complexity index is 623. The SMILES string of the molecule is Cc1cccc(C(=O)NN=Cc2ccccc2Cl)c1. The molecule has 2 aromatic rings. The highest BCUT2D eigenvalue weighted by Gasteiger charge is 2.03. The number of aryl methyl sites for hydroxylation is 1. The minimum absolute atomic E-state index is 0.244. The third kappa shape index (κ3) is 3.66. The molecule has 0 aromatic heterocycles. The number of amides is 1. The highest BCUT2D eigenvalue weighted by atomic mass is 35.5. The number of carbonyl (C=O) groups excluding carboxylic acids is 1. The molecule has 0 fully saturated rings. The van der Waals surface area contributed by atoms with Crippen molar-refractivity contribution in [3.8, 4) is 0 Å². The van der Waals surface area contributed by atoms with Crippen molar-refractivity contribution >= 4 is 23.7 Å². The molecule has 2 aromatic carbocycles. The topological polar surface area (TPSA) is 41.5 Å². The van der Waals surface area contributed by atoms with Crippen LogP contribution in [0.2, 0.25) is 5.02 Å². The second-order valence-corrected chi connectivity index (χ2v) is 4.50. The zero-order valence-corrected chi connectivity index (χ0v) is 11.2. The van der Waals surface area contributed by atoms with Crippen molar-refractivity contribution in [3.63, 3.8) is 0 Å². The Morgan fingerprint density at radius 3 is 2.74 bits per heavy atom. The number of rotatable bonds is 3. The molecule has 0 atom stereocenters. The predicted molar refractivity (Wildman–Crippen MR) is 77.7 cm³/mol. The summed E-state index contributed by atoms with van der Waals surface area (Å²) < 4.78 is 0. The lowest BCUT2D eigenvalue weighted by atomic mass is 10.1. The largest absolute Gasteiger partial charge is 0.271 e. The number of nitrogens with one attached hydrogen (secondary N) is 1. The molecule has 0 aliphatic heterocycles. The van der Waals surface area contributed by atoms with E-state index in [1.165, 1.54) is 6.21 Å². The van der Waals surface area contributed by atoms with Gasteiger partial charge < -0.3 is 0 Å². The molecule has 19 heavy (non-hydrogen) atoms. The molecule has 0 saturated heterocycles. The van der Waals surface area contributed by atoms with Crippen LogP contribution in [0.25, 0.3) is 0 Å². The first kappa shape index (κ1) is 13.3. The molecule has 0 aliphatic carbocycles. The zero-order valence-electron chi connectivity index (χ0n) is 10.4. The molecule has 1 N–H and O–H groups in total. The van der Waals surface area contributed by atoms with Gasteiger partial charge in [0.15, 0.2) is 0 Å². The van der Waals surface area contributed by atoms with Gasteiger partial charge in [-0.05, 0) is 25.1 Å². The average molecular weight is 273 g/mol. The van der Waals surface area contributed by atoms with Crippen LogP contribution in [0.15, 0.2) is 53.6 Å². The van der Waals surface area contributed by atoms with E-state index in [1.54, 1.807) is 18.2 Å². The van der Waals surface area contributed by atoms with Gasteiger partial charge in [-0.1, -0.05) is 47.5 Å². The summed E-state index contributed by atoms with van der Waals surface area (Å²) in [6, 6.07) is 14.6. The van der Waals surface area contributed by atoms with Crippen molar-refractivity contribution in [1.82, 2.24) is 5.43 Å². The molecular weight excluding hydrogens is 260 g/mol. The lowest BCUT2D eigenvalue weighted by Crippen LogP contribution is -2.17. The fourth-order valence-electron chi connectivity index (χ4n) is 1.59. The predicted octanol–water partition coefficient (Wildman–Crippen LogP) is 3.41. The zero-order chi connectivity index (χ0) is 13.7. The van der Waals surface area contributed by atoms with E-state index in [0.717, 1.165) is 11.1 Å². The van der Waals surface area contributed by atoms with E-state index in [9.17, 15) is 4.79 Å². The number of hydrogen-bond donors (Lipinski definition) is 1. The highest BCUT2D eigenvalue weighted by Crippen LogP contribution is 2.12. The van der Waals surface area contributed by atoms with Crippen molar-refractivity contribution < 1.29 is 4.79 Å². The van der Waals surface area contributed by atoms with Gasteiger partial charge in [0.25, 0.3) is 5.91 Å². The summed E-state index contributed by atoms with van der Waals surface area (Å²) in [6.45, 7) is 1.93. The van der Waals surface area contributed by atoms with Gasteiger partial charge in [0.1, 0.15) is 0 Å². The first-order chi connectivity index (χ1) is 9.16. The van der Waals surface area contributed by atoms with Gasteiger partial charge in [-0.2, -0.15) is 5.10 Å². The minimum atomic E-state index is -0.244. The quantitative estimate of drug-likeness (QED) is 0.675. The molecule has 1 amide bonds. The van der Waals surface area contributed by atoms with Crippen LogP contribution in [0.4, 0.5) is 0 Å². The molecule has 0 aliphatic rings. The van der Waals surface area contributed by atoms with Crippen molar-refractivity contribution in [2.45, 2.75) is 6.92 Å². The van der Waals surface area contributed by atoms with Gasteiger partial charge in [0.2, 0.25) is 0 Å². The Hall–Kier alpha value is -2.13. The van der Waals surface area contributed by atoms with Crippen LogP contribution in [0.1, 0.15) is 21.5 Å². The van der Waals surface area contributed by atoms with Crippen molar-refractivity contribution in [2.24, 2.45) is 5.10 Å². The van der Waals surface area contributed by atoms with Crippen LogP contribution < -0.4 is 5.43 Å². The Morgan fingerprint density at radius 1 is 1.21 bits per heavy atom. The van der Waals surface area contributed by atoms with Gasteiger partial charge in [0.05, 0.1) is 6.21 Å². The average Bonchev–Trinajstić information content (AvgIpc) is 2.41. The monoisotopic (exact) mass is 272 g/mol. The lowest BCUT2D eigenvalue weighted by molar-refractivity contribution is 0.0955. The Labute approximate surface area is 116 Å². The van der Waals surface area contributed by atoms with E-state index >= 15 is 0 Å². The Morgan fingerprint density at radius 2 is 2.00 bits per heavy atom. The summed E-state index contributed by atoms with van der Waals surface area (Å²) >= 11 is 5.97. The Balaban J connectivity index is 2.03. The number of nitrogens with zero attached hydrogens (tertiary/aromatic N) is 1. The van der Waals surface area contributed by atoms with Crippen LogP contribution in [0.3, 0.4) is 0 Å². The maximum absolute atomic E-state index is 11.8. The number of benzene rings is 2. The summed E-state index contributed by atoms with van der Waals surface area (Å²) in [5, 5.41) is 4.49. The molecule has 0 bridgehead atoms. The van der Waals surface area contributed by atoms with Crippen LogP contribution in [0, 0.1) is 6.92 Å². The third-order valence-electron chi connectivity index (χ3n) is 2.56. The summed E-state index contributed by atoms with van der Waals surface area (Å²) in [5.74, 6) is -0.244. The van der Waals surface area contributed by atoms with Crippen LogP contribution in [-0.2, 0) is 0 Å². The molecule has 96 valence electrons. The van der Waals surface area contributed by atoms with Gasteiger partial charge in [-0.25, -0.2) is 5.43 Å². The summed E-state index contributed by atoms with van der Waals surface area (Å²) in [6.07, 6.45) is 1.52. The van der Waals surface area contributed by atoms with Gasteiger partial charge in [-0.3, -0.25) is 4.79 Å². The first-order valence-corrected chi connectivity index (χ1v) is 6.19. The minimum Gasteiger partial charge on any atom is -0.267 e. The van der Waals surface area contributed by atoms with Gasteiger partial charge in [0, 0.05) is 16.1 Å². The van der Waals surface area contributed by atoms with Crippen molar-refractivity contribution in [3.05, 3.63) is 70.2 Å². The van der Waals surface area contributed by atoms with Gasteiger partial charge in [-0.15, -0.1) is 0 Å². The number of hydrogen-bond acceptors (Lipinski definition) is 2. The van der Waals surface area contributed by atoms with Crippen molar-refractivity contribution in [2.75, 3.05) is 0 Å². The molecular formula is C15H13ClN2O. The fourth-order valence-corrected chi connectivity index (χ4v) is 1.78. The fraction of sp³-hybridized carbons (Fsp3) is 0.0667. The van der Waals surface area contributed by atoms with Gasteiger partial charge >= 0.3 is 0 Å². The van der Waals surface area contributed by atoms with Crippen molar-refractivity contribution in [1.29, 1.82) is 0 Å². The second kappa shape index (κ2) is 6.16. The molecule has 0 radical (unpaired) electrons.